The van der Waals surface area contributed by atoms with E-state index in [1.165, 1.54) is 24.9 Å². The molecule has 1 N–H and O–H groups in total. The molecular formula is C18H26ClN5O. The first-order valence-corrected chi connectivity index (χ1v) is 8.92. The highest BCUT2D eigenvalue weighted by Crippen LogP contribution is 2.32. The van der Waals surface area contributed by atoms with Gasteiger partial charge in [0.25, 0.3) is 5.89 Å². The second kappa shape index (κ2) is 8.17. The molecule has 1 unspecified atom stereocenters. The van der Waals surface area contributed by atoms with Crippen molar-refractivity contribution in [3.63, 3.8) is 0 Å². The molecule has 2 aliphatic heterocycles. The van der Waals surface area contributed by atoms with Crippen molar-refractivity contribution in [1.82, 2.24) is 20.4 Å². The Kier molecular flexibility index (Phi) is 5.93. The number of halogens is 1. The first kappa shape index (κ1) is 18.2. The fourth-order valence-corrected chi connectivity index (χ4v) is 3.64. The van der Waals surface area contributed by atoms with Crippen LogP contribution in [0.3, 0.4) is 0 Å². The average Bonchev–Trinajstić information content (AvgIpc) is 3.12. The number of hydrogen-bond donors (Lipinski definition) is 1. The monoisotopic (exact) mass is 363 g/mol. The summed E-state index contributed by atoms with van der Waals surface area (Å²) in [5.41, 5.74) is 2.26. The van der Waals surface area contributed by atoms with Crippen molar-refractivity contribution in [3.05, 3.63) is 30.1 Å². The molecular weight excluding hydrogens is 338 g/mol. The zero-order chi connectivity index (χ0) is 16.4. The number of nitrogens with one attached hydrogen (secondary N) is 1. The van der Waals surface area contributed by atoms with Crippen LogP contribution < -0.4 is 10.2 Å². The van der Waals surface area contributed by atoms with Gasteiger partial charge in [0.1, 0.15) is 0 Å². The number of likely N-dealkylation sites (N-methyl/N-ethyl adjacent to an activating group) is 1. The summed E-state index contributed by atoms with van der Waals surface area (Å²) >= 11 is 0. The highest BCUT2D eigenvalue weighted by Gasteiger charge is 2.26. The van der Waals surface area contributed by atoms with E-state index < -0.39 is 0 Å². The van der Waals surface area contributed by atoms with Crippen LogP contribution in [-0.2, 0) is 0 Å². The Bertz CT molecular complexity index is 686. The molecule has 0 bridgehead atoms. The van der Waals surface area contributed by atoms with Crippen LogP contribution in [0, 0.1) is 0 Å². The maximum absolute atomic E-state index is 5.64. The molecule has 2 fully saturated rings. The lowest BCUT2D eigenvalue weighted by Gasteiger charge is -2.30. The summed E-state index contributed by atoms with van der Waals surface area (Å²) < 4.78 is 5.64. The Morgan fingerprint density at radius 1 is 1.12 bits per heavy atom. The molecule has 25 heavy (non-hydrogen) atoms. The van der Waals surface area contributed by atoms with E-state index in [1.807, 2.05) is 6.07 Å². The van der Waals surface area contributed by atoms with Gasteiger partial charge in [-0.2, -0.15) is 4.98 Å². The topological polar surface area (TPSA) is 57.4 Å². The number of aromatic nitrogens is 2. The van der Waals surface area contributed by atoms with Crippen molar-refractivity contribution in [1.29, 1.82) is 0 Å². The van der Waals surface area contributed by atoms with E-state index in [0.717, 1.165) is 44.1 Å². The number of piperidine rings is 1. The lowest BCUT2D eigenvalue weighted by atomic mass is 10.1. The third kappa shape index (κ3) is 3.81. The third-order valence-electron chi connectivity index (χ3n) is 5.08. The molecule has 0 aliphatic carbocycles. The summed E-state index contributed by atoms with van der Waals surface area (Å²) in [6.45, 7) is 5.08. The minimum absolute atomic E-state index is 0. The Balaban J connectivity index is 0.00000182. The van der Waals surface area contributed by atoms with Gasteiger partial charge in [-0.1, -0.05) is 17.3 Å². The fraction of sp³-hybridized carbons (Fsp3) is 0.556. The van der Waals surface area contributed by atoms with E-state index in [-0.39, 0.29) is 18.4 Å². The Morgan fingerprint density at radius 3 is 2.72 bits per heavy atom. The lowest BCUT2D eigenvalue weighted by molar-refractivity contribution is 0.190. The van der Waals surface area contributed by atoms with Crippen LogP contribution >= 0.6 is 12.4 Å². The highest BCUT2D eigenvalue weighted by atomic mass is 35.5. The molecule has 136 valence electrons. The molecule has 2 aliphatic rings. The van der Waals surface area contributed by atoms with Crippen molar-refractivity contribution < 1.29 is 4.52 Å². The van der Waals surface area contributed by atoms with Gasteiger partial charge in [0.05, 0.1) is 11.6 Å². The number of hydrogen-bond acceptors (Lipinski definition) is 6. The second-order valence-electron chi connectivity index (χ2n) is 6.72. The maximum atomic E-state index is 5.64. The van der Waals surface area contributed by atoms with Crippen LogP contribution in [-0.4, -0.2) is 54.8 Å². The second-order valence-corrected chi connectivity index (χ2v) is 6.72. The molecule has 0 spiro atoms. The van der Waals surface area contributed by atoms with Gasteiger partial charge in [-0.3, -0.25) is 4.90 Å². The van der Waals surface area contributed by atoms with Gasteiger partial charge in [-0.25, -0.2) is 0 Å². The highest BCUT2D eigenvalue weighted by molar-refractivity contribution is 5.85. The largest absolute Gasteiger partial charge is 0.371 e. The van der Waals surface area contributed by atoms with Crippen LogP contribution in [0.5, 0.6) is 0 Å². The summed E-state index contributed by atoms with van der Waals surface area (Å²) in [5, 5.41) is 7.67. The molecule has 0 saturated carbocycles. The molecule has 2 saturated heterocycles. The van der Waals surface area contributed by atoms with Crippen molar-refractivity contribution in [2.45, 2.75) is 25.3 Å². The summed E-state index contributed by atoms with van der Waals surface area (Å²) in [5.74, 6) is 1.40. The number of nitrogens with zero attached hydrogens (tertiary/aromatic N) is 4. The molecule has 4 rings (SSSR count). The molecule has 0 radical (unpaired) electrons. The van der Waals surface area contributed by atoms with Crippen LogP contribution in [0.25, 0.3) is 11.5 Å². The fourth-order valence-electron chi connectivity index (χ4n) is 3.64. The van der Waals surface area contributed by atoms with E-state index in [2.05, 4.69) is 45.5 Å². The molecule has 2 aromatic rings. The van der Waals surface area contributed by atoms with Gasteiger partial charge in [0.2, 0.25) is 0 Å². The summed E-state index contributed by atoms with van der Waals surface area (Å²) in [7, 11) is 2.11. The van der Waals surface area contributed by atoms with E-state index in [4.69, 9.17) is 9.51 Å². The molecule has 7 heteroatoms. The summed E-state index contributed by atoms with van der Waals surface area (Å²) in [4.78, 5) is 9.44. The summed E-state index contributed by atoms with van der Waals surface area (Å²) in [6, 6.07) is 8.56. The molecule has 3 heterocycles. The maximum Gasteiger partial charge on any atom is 0.260 e. The number of piperazine rings is 1. The van der Waals surface area contributed by atoms with Crippen molar-refractivity contribution in [3.8, 4) is 11.5 Å². The minimum Gasteiger partial charge on any atom is -0.371 e. The smallest absolute Gasteiger partial charge is 0.260 e. The zero-order valence-corrected chi connectivity index (χ0v) is 15.5. The quantitative estimate of drug-likeness (QED) is 0.904. The lowest BCUT2D eigenvalue weighted by Crippen LogP contribution is -2.44. The van der Waals surface area contributed by atoms with Crippen molar-refractivity contribution in [2.75, 3.05) is 44.7 Å². The Hall–Kier alpha value is -1.63. The van der Waals surface area contributed by atoms with Crippen molar-refractivity contribution >= 4 is 18.1 Å². The third-order valence-corrected chi connectivity index (χ3v) is 5.08. The first-order chi connectivity index (χ1) is 11.8. The van der Waals surface area contributed by atoms with Crippen LogP contribution in [0.1, 0.15) is 31.1 Å². The average molecular weight is 364 g/mol. The van der Waals surface area contributed by atoms with E-state index in [9.17, 15) is 0 Å². The number of benzene rings is 1. The predicted octanol–water partition coefficient (Wildman–Crippen LogP) is 2.72. The zero-order valence-electron chi connectivity index (χ0n) is 14.6. The van der Waals surface area contributed by atoms with E-state index in [0.29, 0.717) is 5.89 Å². The van der Waals surface area contributed by atoms with Crippen LogP contribution in [0.15, 0.2) is 28.8 Å². The number of anilines is 1. The molecule has 0 amide bonds. The van der Waals surface area contributed by atoms with Gasteiger partial charge in [0, 0.05) is 38.4 Å². The molecule has 6 nitrogen and oxygen atoms in total. The SMILES string of the molecule is CN1CCNCC1c1noc(-c2ccccc2N2CCCCC2)n1.Cl. The first-order valence-electron chi connectivity index (χ1n) is 8.92. The van der Waals surface area contributed by atoms with Gasteiger partial charge < -0.3 is 14.7 Å². The normalized spacial score (nSPS) is 21.8. The van der Waals surface area contributed by atoms with E-state index >= 15 is 0 Å². The van der Waals surface area contributed by atoms with E-state index in [1.54, 1.807) is 0 Å². The standard InChI is InChI=1S/C18H25N5O.ClH/c1-22-12-9-19-13-16(22)17-20-18(24-21-17)14-7-3-4-8-15(14)23-10-5-2-6-11-23;/h3-4,7-8,16,19H,2,5-6,9-13H2,1H3;1H. The number of rotatable bonds is 3. The minimum atomic E-state index is 0. The van der Waals surface area contributed by atoms with Gasteiger partial charge in [-0.15, -0.1) is 12.4 Å². The van der Waals surface area contributed by atoms with Crippen LogP contribution in [0.2, 0.25) is 0 Å². The van der Waals surface area contributed by atoms with Crippen LogP contribution in [0.4, 0.5) is 5.69 Å². The molecule has 1 aromatic carbocycles. The molecule has 1 atom stereocenters. The Labute approximate surface area is 155 Å². The summed E-state index contributed by atoms with van der Waals surface area (Å²) in [6.07, 6.45) is 3.83. The van der Waals surface area contributed by atoms with Gasteiger partial charge in [-0.05, 0) is 38.4 Å². The van der Waals surface area contributed by atoms with Gasteiger partial charge in [0.15, 0.2) is 5.82 Å². The predicted molar refractivity (Wildman–Crippen MR) is 101 cm³/mol. The van der Waals surface area contributed by atoms with Crippen molar-refractivity contribution in [2.24, 2.45) is 0 Å². The molecule has 1 aromatic heterocycles. The number of para-hydroxylation sites is 1. The van der Waals surface area contributed by atoms with Gasteiger partial charge >= 0.3 is 0 Å². The Morgan fingerprint density at radius 2 is 1.92 bits per heavy atom.